The third kappa shape index (κ3) is 3.28. The smallest absolute Gasteiger partial charge is 0.0597 e. The number of benzene rings is 1. The van der Waals surface area contributed by atoms with Crippen molar-refractivity contribution in [3.8, 4) is 0 Å². The third-order valence-electron chi connectivity index (χ3n) is 3.51. The first-order valence-electron chi connectivity index (χ1n) is 6.33. The van der Waals surface area contributed by atoms with E-state index in [9.17, 15) is 5.11 Å². The summed E-state index contributed by atoms with van der Waals surface area (Å²) < 4.78 is 0. The van der Waals surface area contributed by atoms with Crippen LogP contribution in [0, 0.1) is 6.92 Å². The molecule has 2 unspecified atom stereocenters. The molecule has 1 heterocycles. The fraction of sp³-hybridized carbons (Fsp3) is 0.571. The van der Waals surface area contributed by atoms with Crippen LogP contribution >= 0.6 is 0 Å². The highest BCUT2D eigenvalue weighted by atomic mass is 16.3. The van der Waals surface area contributed by atoms with Crippen LogP contribution in [0.2, 0.25) is 0 Å². The fourth-order valence-corrected chi connectivity index (χ4v) is 2.26. The largest absolute Gasteiger partial charge is 0.395 e. The summed E-state index contributed by atoms with van der Waals surface area (Å²) in [7, 11) is 0. The molecule has 0 bridgehead atoms. The number of nitrogens with one attached hydrogen (secondary N) is 1. The molecule has 3 heteroatoms. The predicted octanol–water partition coefficient (Wildman–Crippen LogP) is 1.15. The molecule has 94 valence electrons. The van der Waals surface area contributed by atoms with E-state index in [-0.39, 0.29) is 12.6 Å². The molecule has 3 nitrogen and oxygen atoms in total. The highest BCUT2D eigenvalue weighted by molar-refractivity contribution is 5.21. The number of hydrogen-bond donors (Lipinski definition) is 2. The molecular weight excluding hydrogens is 212 g/mol. The third-order valence-corrected chi connectivity index (χ3v) is 3.51. The molecule has 1 aliphatic heterocycles. The number of piperazine rings is 1. The molecule has 0 aliphatic carbocycles. The van der Waals surface area contributed by atoms with E-state index in [4.69, 9.17) is 0 Å². The average molecular weight is 234 g/mol. The van der Waals surface area contributed by atoms with E-state index < -0.39 is 0 Å². The Morgan fingerprint density at radius 3 is 2.71 bits per heavy atom. The van der Waals surface area contributed by atoms with Crippen molar-refractivity contribution in [2.24, 2.45) is 0 Å². The number of hydrogen-bond acceptors (Lipinski definition) is 3. The highest BCUT2D eigenvalue weighted by Gasteiger charge is 2.24. The van der Waals surface area contributed by atoms with Crippen molar-refractivity contribution in [1.29, 1.82) is 0 Å². The second kappa shape index (κ2) is 5.63. The Bertz CT molecular complexity index is 350. The summed E-state index contributed by atoms with van der Waals surface area (Å²) in [5.74, 6) is 0. The zero-order valence-corrected chi connectivity index (χ0v) is 10.7. The first-order valence-corrected chi connectivity index (χ1v) is 6.33. The molecule has 0 amide bonds. The maximum atomic E-state index is 9.21. The van der Waals surface area contributed by atoms with E-state index in [0.29, 0.717) is 6.04 Å². The number of rotatable bonds is 3. The van der Waals surface area contributed by atoms with Crippen molar-refractivity contribution in [2.75, 3.05) is 19.7 Å². The summed E-state index contributed by atoms with van der Waals surface area (Å²) >= 11 is 0. The molecule has 0 spiro atoms. The monoisotopic (exact) mass is 234 g/mol. The number of aliphatic hydroxyl groups is 1. The highest BCUT2D eigenvalue weighted by Crippen LogP contribution is 2.13. The van der Waals surface area contributed by atoms with Crippen LogP contribution in [0.5, 0.6) is 0 Å². The maximum absolute atomic E-state index is 9.21. The first kappa shape index (κ1) is 12.6. The van der Waals surface area contributed by atoms with Crippen LogP contribution in [0.3, 0.4) is 0 Å². The maximum Gasteiger partial charge on any atom is 0.0597 e. The molecule has 0 aromatic heterocycles. The van der Waals surface area contributed by atoms with Gasteiger partial charge in [-0.1, -0.05) is 29.8 Å². The molecule has 1 aromatic carbocycles. The van der Waals surface area contributed by atoms with Gasteiger partial charge in [0.25, 0.3) is 0 Å². The second-order valence-corrected chi connectivity index (χ2v) is 5.05. The zero-order valence-electron chi connectivity index (χ0n) is 10.7. The number of aryl methyl sites for hydroxylation is 1. The minimum Gasteiger partial charge on any atom is -0.395 e. The van der Waals surface area contributed by atoms with Crippen molar-refractivity contribution in [2.45, 2.75) is 32.5 Å². The Kier molecular flexibility index (Phi) is 4.15. The Morgan fingerprint density at radius 1 is 1.35 bits per heavy atom. The van der Waals surface area contributed by atoms with E-state index in [2.05, 4.69) is 48.3 Å². The molecule has 1 fully saturated rings. The Morgan fingerprint density at radius 2 is 2.06 bits per heavy atom. The molecular formula is C14H22N2O. The van der Waals surface area contributed by atoms with Gasteiger partial charge in [0.2, 0.25) is 0 Å². The van der Waals surface area contributed by atoms with Gasteiger partial charge in [0.1, 0.15) is 0 Å². The summed E-state index contributed by atoms with van der Waals surface area (Å²) in [5.41, 5.74) is 2.65. The van der Waals surface area contributed by atoms with Crippen molar-refractivity contribution in [3.05, 3.63) is 35.4 Å². The average Bonchev–Trinajstić information content (AvgIpc) is 2.35. The van der Waals surface area contributed by atoms with Gasteiger partial charge in [0.05, 0.1) is 6.61 Å². The summed E-state index contributed by atoms with van der Waals surface area (Å²) in [5, 5.41) is 12.6. The van der Waals surface area contributed by atoms with Gasteiger partial charge in [-0.2, -0.15) is 0 Å². The van der Waals surface area contributed by atoms with Gasteiger partial charge in [-0.25, -0.2) is 0 Å². The van der Waals surface area contributed by atoms with Crippen molar-refractivity contribution in [3.63, 3.8) is 0 Å². The lowest BCUT2D eigenvalue weighted by atomic mass is 10.1. The van der Waals surface area contributed by atoms with Gasteiger partial charge >= 0.3 is 0 Å². The number of aliphatic hydroxyl groups excluding tert-OH is 1. The van der Waals surface area contributed by atoms with E-state index >= 15 is 0 Å². The molecule has 2 rings (SSSR count). The van der Waals surface area contributed by atoms with Gasteiger partial charge in [0, 0.05) is 31.7 Å². The van der Waals surface area contributed by atoms with Gasteiger partial charge in [-0.15, -0.1) is 0 Å². The summed E-state index contributed by atoms with van der Waals surface area (Å²) in [6.07, 6.45) is 0. The number of nitrogens with zero attached hydrogens (tertiary/aromatic N) is 1. The molecule has 2 atom stereocenters. The summed E-state index contributed by atoms with van der Waals surface area (Å²) in [6.45, 7) is 7.41. The zero-order chi connectivity index (χ0) is 12.3. The molecule has 1 aliphatic rings. The van der Waals surface area contributed by atoms with Crippen molar-refractivity contribution < 1.29 is 5.11 Å². The molecule has 0 saturated carbocycles. The lowest BCUT2D eigenvalue weighted by Crippen LogP contribution is -2.56. The Balaban J connectivity index is 1.98. The van der Waals surface area contributed by atoms with Crippen LogP contribution < -0.4 is 5.32 Å². The first-order chi connectivity index (χ1) is 8.19. The summed E-state index contributed by atoms with van der Waals surface area (Å²) in [6, 6.07) is 9.45. The van der Waals surface area contributed by atoms with Gasteiger partial charge in [-0.05, 0) is 19.4 Å². The normalized spacial score (nSPS) is 26.1. The van der Waals surface area contributed by atoms with Crippen LogP contribution in [-0.2, 0) is 6.54 Å². The Hall–Kier alpha value is -0.900. The second-order valence-electron chi connectivity index (χ2n) is 5.05. The lowest BCUT2D eigenvalue weighted by Gasteiger charge is -2.38. The van der Waals surface area contributed by atoms with Gasteiger partial charge in [0.15, 0.2) is 0 Å². The van der Waals surface area contributed by atoms with Crippen molar-refractivity contribution in [1.82, 2.24) is 10.2 Å². The molecule has 17 heavy (non-hydrogen) atoms. The van der Waals surface area contributed by atoms with Crippen LogP contribution in [0.25, 0.3) is 0 Å². The van der Waals surface area contributed by atoms with Crippen molar-refractivity contribution >= 4 is 0 Å². The van der Waals surface area contributed by atoms with Gasteiger partial charge < -0.3 is 10.4 Å². The van der Waals surface area contributed by atoms with E-state index in [1.807, 2.05) is 0 Å². The standard InChI is InChI=1S/C14H22N2O/c1-11-3-5-13(6-4-11)8-16-9-14(10-17)15-7-12(16)2/h3-6,12,14-15,17H,7-10H2,1-2H3. The van der Waals surface area contributed by atoms with Crippen LogP contribution in [-0.4, -0.2) is 41.8 Å². The van der Waals surface area contributed by atoms with E-state index in [0.717, 1.165) is 19.6 Å². The minimum atomic E-state index is 0.219. The van der Waals surface area contributed by atoms with Crippen LogP contribution in [0.1, 0.15) is 18.1 Å². The van der Waals surface area contributed by atoms with Gasteiger partial charge in [-0.3, -0.25) is 4.90 Å². The molecule has 0 radical (unpaired) electrons. The predicted molar refractivity (Wildman–Crippen MR) is 69.9 cm³/mol. The lowest BCUT2D eigenvalue weighted by molar-refractivity contribution is 0.103. The molecule has 1 aromatic rings. The quantitative estimate of drug-likeness (QED) is 0.823. The van der Waals surface area contributed by atoms with Crippen LogP contribution in [0.4, 0.5) is 0 Å². The minimum absolute atomic E-state index is 0.219. The van der Waals surface area contributed by atoms with E-state index in [1.54, 1.807) is 0 Å². The Labute approximate surface area is 103 Å². The summed E-state index contributed by atoms with van der Waals surface area (Å²) in [4.78, 5) is 2.43. The SMILES string of the molecule is Cc1ccc(CN2CC(CO)NCC2C)cc1. The molecule has 2 N–H and O–H groups in total. The van der Waals surface area contributed by atoms with Crippen LogP contribution in [0.15, 0.2) is 24.3 Å². The topological polar surface area (TPSA) is 35.5 Å². The molecule has 1 saturated heterocycles. The van der Waals surface area contributed by atoms with E-state index in [1.165, 1.54) is 11.1 Å². The fourth-order valence-electron chi connectivity index (χ4n) is 2.26.